The minimum absolute atomic E-state index is 0.551. The largest absolute Gasteiger partial charge is 0.367 e. The monoisotopic (exact) mass is 220 g/mol. The molecule has 1 heterocycles. The van der Waals surface area contributed by atoms with Gasteiger partial charge in [-0.2, -0.15) is 4.98 Å². The quantitative estimate of drug-likeness (QED) is 0.821. The van der Waals surface area contributed by atoms with Crippen LogP contribution >= 0.6 is 0 Å². The van der Waals surface area contributed by atoms with E-state index in [1.807, 2.05) is 13.1 Å². The molecule has 1 aliphatic carbocycles. The van der Waals surface area contributed by atoms with E-state index in [0.29, 0.717) is 17.9 Å². The van der Waals surface area contributed by atoms with Crippen LogP contribution in [0.1, 0.15) is 26.7 Å². The number of aromatic nitrogens is 2. The second-order valence-electron chi connectivity index (χ2n) is 4.68. The van der Waals surface area contributed by atoms with Gasteiger partial charge in [-0.25, -0.2) is 4.98 Å². The van der Waals surface area contributed by atoms with Crippen molar-refractivity contribution in [1.82, 2.24) is 9.97 Å². The van der Waals surface area contributed by atoms with E-state index in [2.05, 4.69) is 34.4 Å². The Morgan fingerprint density at radius 1 is 1.31 bits per heavy atom. The van der Waals surface area contributed by atoms with Crippen molar-refractivity contribution in [3.05, 3.63) is 12.3 Å². The summed E-state index contributed by atoms with van der Waals surface area (Å²) in [6, 6.07) is 2.48. The van der Waals surface area contributed by atoms with Crippen molar-refractivity contribution in [2.45, 2.75) is 32.7 Å². The summed E-state index contributed by atoms with van der Waals surface area (Å²) >= 11 is 0. The molecular formula is C12H20N4. The Hall–Kier alpha value is -1.32. The molecule has 0 aromatic carbocycles. The number of rotatable bonds is 3. The average Bonchev–Trinajstić information content (AvgIpc) is 2.61. The highest BCUT2D eigenvalue weighted by atomic mass is 15.1. The van der Waals surface area contributed by atoms with E-state index in [1.165, 1.54) is 12.8 Å². The first kappa shape index (κ1) is 11.2. The minimum atomic E-state index is 0.551. The number of nitrogens with zero attached hydrogens (tertiary/aromatic N) is 2. The van der Waals surface area contributed by atoms with Gasteiger partial charge in [0.2, 0.25) is 5.95 Å². The van der Waals surface area contributed by atoms with E-state index >= 15 is 0 Å². The van der Waals surface area contributed by atoms with E-state index in [1.54, 1.807) is 6.20 Å². The Morgan fingerprint density at radius 2 is 2.12 bits per heavy atom. The third-order valence-electron chi connectivity index (χ3n) is 3.68. The zero-order valence-electron chi connectivity index (χ0n) is 10.2. The topological polar surface area (TPSA) is 49.8 Å². The molecule has 1 aromatic rings. The van der Waals surface area contributed by atoms with Crippen molar-refractivity contribution >= 4 is 11.8 Å². The zero-order chi connectivity index (χ0) is 11.5. The Balaban J connectivity index is 2.03. The maximum Gasteiger partial charge on any atom is 0.224 e. The lowest BCUT2D eigenvalue weighted by molar-refractivity contribution is 0.435. The normalized spacial score (nSPS) is 29.1. The highest BCUT2D eigenvalue weighted by Gasteiger charge is 2.29. The van der Waals surface area contributed by atoms with E-state index in [9.17, 15) is 0 Å². The first-order valence-electron chi connectivity index (χ1n) is 5.98. The summed E-state index contributed by atoms with van der Waals surface area (Å²) in [6.45, 7) is 4.64. The summed E-state index contributed by atoms with van der Waals surface area (Å²) in [5, 5.41) is 6.45. The molecule has 4 nitrogen and oxygen atoms in total. The molecule has 3 unspecified atom stereocenters. The molecule has 1 aromatic heterocycles. The molecule has 3 atom stereocenters. The standard InChI is InChI=1S/C12H20N4/c1-8-4-5-10(9(8)2)15-11-6-7-14-12(13-3)16-11/h6-10H,4-5H2,1-3H3,(H2,13,14,15,16). The average molecular weight is 220 g/mol. The van der Waals surface area contributed by atoms with Gasteiger partial charge in [0.1, 0.15) is 5.82 Å². The van der Waals surface area contributed by atoms with Gasteiger partial charge < -0.3 is 10.6 Å². The van der Waals surface area contributed by atoms with Crippen molar-refractivity contribution in [2.75, 3.05) is 17.7 Å². The molecule has 16 heavy (non-hydrogen) atoms. The predicted molar refractivity (Wildman–Crippen MR) is 66.6 cm³/mol. The Morgan fingerprint density at radius 3 is 2.75 bits per heavy atom. The molecule has 1 aliphatic rings. The molecule has 4 heteroatoms. The Bertz CT molecular complexity index is 353. The van der Waals surface area contributed by atoms with Crippen LogP contribution in [0.25, 0.3) is 0 Å². The summed E-state index contributed by atoms with van der Waals surface area (Å²) in [5.41, 5.74) is 0. The summed E-state index contributed by atoms with van der Waals surface area (Å²) in [4.78, 5) is 8.49. The molecule has 0 saturated heterocycles. The van der Waals surface area contributed by atoms with Gasteiger partial charge in [0.15, 0.2) is 0 Å². The van der Waals surface area contributed by atoms with Gasteiger partial charge in [-0.15, -0.1) is 0 Å². The molecule has 2 rings (SSSR count). The number of hydrogen-bond donors (Lipinski definition) is 2. The molecule has 88 valence electrons. The fourth-order valence-electron chi connectivity index (χ4n) is 2.32. The zero-order valence-corrected chi connectivity index (χ0v) is 10.2. The van der Waals surface area contributed by atoms with Gasteiger partial charge in [0.25, 0.3) is 0 Å². The fourth-order valence-corrected chi connectivity index (χ4v) is 2.32. The lowest BCUT2D eigenvalue weighted by atomic mass is 9.98. The van der Waals surface area contributed by atoms with Gasteiger partial charge in [-0.05, 0) is 30.7 Å². The SMILES string of the molecule is CNc1nccc(NC2CCC(C)C2C)n1. The highest BCUT2D eigenvalue weighted by Crippen LogP contribution is 2.32. The molecule has 1 fully saturated rings. The smallest absolute Gasteiger partial charge is 0.224 e. The lowest BCUT2D eigenvalue weighted by Crippen LogP contribution is -2.24. The third-order valence-corrected chi connectivity index (χ3v) is 3.68. The van der Waals surface area contributed by atoms with Crippen molar-refractivity contribution < 1.29 is 0 Å². The van der Waals surface area contributed by atoms with Crippen LogP contribution in [0.5, 0.6) is 0 Å². The third kappa shape index (κ3) is 2.26. The van der Waals surface area contributed by atoms with Crippen molar-refractivity contribution in [2.24, 2.45) is 11.8 Å². The molecular weight excluding hydrogens is 200 g/mol. The molecule has 0 amide bonds. The van der Waals surface area contributed by atoms with E-state index in [-0.39, 0.29) is 0 Å². The van der Waals surface area contributed by atoms with Crippen molar-refractivity contribution in [1.29, 1.82) is 0 Å². The molecule has 2 N–H and O–H groups in total. The molecule has 0 spiro atoms. The second kappa shape index (κ2) is 4.68. The maximum atomic E-state index is 4.38. The van der Waals surface area contributed by atoms with Gasteiger partial charge in [-0.1, -0.05) is 13.8 Å². The summed E-state index contributed by atoms with van der Waals surface area (Å²) in [5.74, 6) is 3.12. The van der Waals surface area contributed by atoms with Crippen LogP contribution in [0, 0.1) is 11.8 Å². The van der Waals surface area contributed by atoms with E-state index < -0.39 is 0 Å². The number of hydrogen-bond acceptors (Lipinski definition) is 4. The minimum Gasteiger partial charge on any atom is -0.367 e. The summed E-state index contributed by atoms with van der Waals surface area (Å²) < 4.78 is 0. The first-order valence-corrected chi connectivity index (χ1v) is 5.98. The van der Waals surface area contributed by atoms with Gasteiger partial charge in [-0.3, -0.25) is 0 Å². The van der Waals surface area contributed by atoms with Crippen LogP contribution in [-0.4, -0.2) is 23.1 Å². The van der Waals surface area contributed by atoms with Crippen LogP contribution < -0.4 is 10.6 Å². The Labute approximate surface area is 96.9 Å². The van der Waals surface area contributed by atoms with Crippen molar-refractivity contribution in [3.63, 3.8) is 0 Å². The van der Waals surface area contributed by atoms with Gasteiger partial charge >= 0.3 is 0 Å². The maximum absolute atomic E-state index is 4.38. The molecule has 1 saturated carbocycles. The van der Waals surface area contributed by atoms with E-state index in [0.717, 1.165) is 11.7 Å². The number of nitrogens with one attached hydrogen (secondary N) is 2. The summed E-state index contributed by atoms with van der Waals surface area (Å²) in [6.07, 6.45) is 4.33. The van der Waals surface area contributed by atoms with Gasteiger partial charge in [0.05, 0.1) is 0 Å². The predicted octanol–water partition coefficient (Wildman–Crippen LogP) is 2.36. The molecule has 0 aliphatic heterocycles. The lowest BCUT2D eigenvalue weighted by Gasteiger charge is -2.20. The first-order chi connectivity index (χ1) is 7.70. The van der Waals surface area contributed by atoms with Crippen LogP contribution in [0.2, 0.25) is 0 Å². The highest BCUT2D eigenvalue weighted by molar-refractivity contribution is 5.40. The van der Waals surface area contributed by atoms with Crippen LogP contribution in [0.4, 0.5) is 11.8 Å². The molecule has 0 radical (unpaired) electrons. The van der Waals surface area contributed by atoms with Crippen molar-refractivity contribution in [3.8, 4) is 0 Å². The summed E-state index contributed by atoms with van der Waals surface area (Å²) in [7, 11) is 1.83. The molecule has 0 bridgehead atoms. The fraction of sp³-hybridized carbons (Fsp3) is 0.667. The van der Waals surface area contributed by atoms with Crippen LogP contribution in [0.15, 0.2) is 12.3 Å². The second-order valence-corrected chi connectivity index (χ2v) is 4.68. The van der Waals surface area contributed by atoms with Crippen LogP contribution in [-0.2, 0) is 0 Å². The van der Waals surface area contributed by atoms with Gasteiger partial charge in [0, 0.05) is 19.3 Å². The van der Waals surface area contributed by atoms with Crippen LogP contribution in [0.3, 0.4) is 0 Å². The number of anilines is 2. The Kier molecular flexibility index (Phi) is 3.27. The van der Waals surface area contributed by atoms with E-state index in [4.69, 9.17) is 0 Å².